The predicted octanol–water partition coefficient (Wildman–Crippen LogP) is 5.08. The molecule has 3 aliphatic rings. The molecule has 1 saturated heterocycles. The Balaban J connectivity index is 1.49. The molecule has 5 rings (SSSR count). The van der Waals surface area contributed by atoms with Crippen molar-refractivity contribution in [1.29, 1.82) is 0 Å². The SMILES string of the molecule is CCOC(=O)N[C@@H]1CC[C@@H]2C(C1)C[C@H]1C(=O)O[C@H](C)[C@H]1[C@H]2C(=O)N(c1ccccc1)c1ccccc1. The fourth-order valence-corrected chi connectivity index (χ4v) is 6.80. The first-order valence-electron chi connectivity index (χ1n) is 13.1. The van der Waals surface area contributed by atoms with E-state index in [4.69, 9.17) is 9.47 Å². The van der Waals surface area contributed by atoms with Crippen LogP contribution in [0.2, 0.25) is 0 Å². The van der Waals surface area contributed by atoms with Gasteiger partial charge in [0, 0.05) is 29.3 Å². The number of nitrogens with zero attached hydrogens (tertiary/aromatic N) is 1. The van der Waals surface area contributed by atoms with E-state index >= 15 is 0 Å². The molecule has 2 aromatic rings. The molecule has 0 radical (unpaired) electrons. The van der Waals surface area contributed by atoms with Gasteiger partial charge in [-0.1, -0.05) is 36.4 Å². The molecule has 2 aliphatic carbocycles. The zero-order valence-corrected chi connectivity index (χ0v) is 20.8. The molecule has 1 unspecified atom stereocenters. The Morgan fingerprint density at radius 1 is 1.00 bits per heavy atom. The van der Waals surface area contributed by atoms with Crippen LogP contribution in [0.4, 0.5) is 16.2 Å². The number of ether oxygens (including phenoxy) is 2. The number of carbonyl (C=O) groups excluding carboxylic acids is 3. The molecule has 1 aliphatic heterocycles. The van der Waals surface area contributed by atoms with Gasteiger partial charge in [0.1, 0.15) is 6.10 Å². The van der Waals surface area contributed by atoms with Crippen molar-refractivity contribution >= 4 is 29.3 Å². The van der Waals surface area contributed by atoms with Gasteiger partial charge in [0.15, 0.2) is 0 Å². The third-order valence-electron chi connectivity index (χ3n) is 8.22. The van der Waals surface area contributed by atoms with E-state index in [-0.39, 0.29) is 53.6 Å². The second kappa shape index (κ2) is 10.3. The van der Waals surface area contributed by atoms with Crippen molar-refractivity contribution < 1.29 is 23.9 Å². The molecule has 36 heavy (non-hydrogen) atoms. The Kier molecular flexibility index (Phi) is 6.99. The second-order valence-electron chi connectivity index (χ2n) is 10.2. The Labute approximate surface area is 212 Å². The van der Waals surface area contributed by atoms with Gasteiger partial charge in [-0.3, -0.25) is 14.5 Å². The number of amides is 2. The lowest BCUT2D eigenvalue weighted by atomic mass is 9.56. The molecule has 0 spiro atoms. The van der Waals surface area contributed by atoms with Gasteiger partial charge in [0.2, 0.25) is 5.91 Å². The van der Waals surface area contributed by atoms with Crippen LogP contribution in [0.25, 0.3) is 0 Å². The van der Waals surface area contributed by atoms with Crippen molar-refractivity contribution in [1.82, 2.24) is 5.32 Å². The monoisotopic (exact) mass is 490 g/mol. The Morgan fingerprint density at radius 3 is 2.25 bits per heavy atom. The maximum absolute atomic E-state index is 14.6. The van der Waals surface area contributed by atoms with Crippen molar-refractivity contribution in [3.8, 4) is 0 Å². The van der Waals surface area contributed by atoms with Crippen LogP contribution < -0.4 is 10.2 Å². The van der Waals surface area contributed by atoms with Gasteiger partial charge < -0.3 is 14.8 Å². The van der Waals surface area contributed by atoms with Crippen LogP contribution in [0, 0.1) is 29.6 Å². The fraction of sp³-hybridized carbons (Fsp3) is 0.483. The maximum Gasteiger partial charge on any atom is 0.407 e. The van der Waals surface area contributed by atoms with Crippen LogP contribution >= 0.6 is 0 Å². The molecule has 0 aromatic heterocycles. The summed E-state index contributed by atoms with van der Waals surface area (Å²) in [5.74, 6) is -0.730. The van der Waals surface area contributed by atoms with E-state index in [1.165, 1.54) is 0 Å². The summed E-state index contributed by atoms with van der Waals surface area (Å²) in [6.45, 7) is 4.03. The van der Waals surface area contributed by atoms with Crippen LogP contribution in [0.15, 0.2) is 60.7 Å². The van der Waals surface area contributed by atoms with E-state index in [1.807, 2.05) is 72.5 Å². The first-order chi connectivity index (χ1) is 17.5. The van der Waals surface area contributed by atoms with Crippen molar-refractivity contribution in [3.05, 3.63) is 60.7 Å². The quantitative estimate of drug-likeness (QED) is 0.591. The van der Waals surface area contributed by atoms with Gasteiger partial charge in [-0.05, 0) is 75.6 Å². The normalized spacial score (nSPS) is 30.9. The number of alkyl carbamates (subject to hydrolysis) is 1. The highest BCUT2D eigenvalue weighted by molar-refractivity contribution is 6.02. The lowest BCUT2D eigenvalue weighted by molar-refractivity contribution is -0.144. The molecule has 1 heterocycles. The highest BCUT2D eigenvalue weighted by atomic mass is 16.6. The first-order valence-corrected chi connectivity index (χ1v) is 13.1. The number of cyclic esters (lactones) is 1. The molecule has 7 heteroatoms. The van der Waals surface area contributed by atoms with Crippen LogP contribution in [0.3, 0.4) is 0 Å². The molecule has 3 fully saturated rings. The van der Waals surface area contributed by atoms with E-state index in [2.05, 4.69) is 5.32 Å². The third kappa shape index (κ3) is 4.59. The summed E-state index contributed by atoms with van der Waals surface area (Å²) in [4.78, 5) is 41.3. The number of benzene rings is 2. The average Bonchev–Trinajstić information content (AvgIpc) is 3.16. The Hall–Kier alpha value is -3.35. The summed E-state index contributed by atoms with van der Waals surface area (Å²) in [5.41, 5.74) is 1.62. The number of carbonyl (C=O) groups is 3. The smallest absolute Gasteiger partial charge is 0.407 e. The topological polar surface area (TPSA) is 84.9 Å². The van der Waals surface area contributed by atoms with E-state index in [1.54, 1.807) is 6.92 Å². The van der Waals surface area contributed by atoms with E-state index in [9.17, 15) is 14.4 Å². The fourth-order valence-electron chi connectivity index (χ4n) is 6.80. The summed E-state index contributed by atoms with van der Waals surface area (Å²) in [5, 5.41) is 2.98. The van der Waals surface area contributed by atoms with Crippen LogP contribution in [0.5, 0.6) is 0 Å². The van der Waals surface area contributed by atoms with Crippen molar-refractivity contribution in [2.75, 3.05) is 11.5 Å². The molecular weight excluding hydrogens is 456 g/mol. The minimum absolute atomic E-state index is 0.0130. The van der Waals surface area contributed by atoms with Gasteiger partial charge in [-0.15, -0.1) is 0 Å². The molecule has 2 aromatic carbocycles. The molecule has 190 valence electrons. The number of anilines is 2. The number of fused-ring (bicyclic) bond motifs is 2. The molecule has 7 nitrogen and oxygen atoms in total. The van der Waals surface area contributed by atoms with E-state index in [0.29, 0.717) is 13.0 Å². The number of hydrogen-bond acceptors (Lipinski definition) is 5. The third-order valence-corrected chi connectivity index (χ3v) is 8.22. The maximum atomic E-state index is 14.6. The van der Waals surface area contributed by atoms with Crippen LogP contribution in [-0.4, -0.2) is 36.7 Å². The van der Waals surface area contributed by atoms with Gasteiger partial charge >= 0.3 is 12.1 Å². The van der Waals surface area contributed by atoms with Crippen molar-refractivity contribution in [2.45, 2.75) is 51.7 Å². The molecule has 2 amide bonds. The number of hydrogen-bond donors (Lipinski definition) is 1. The Bertz CT molecular complexity index is 1050. The lowest BCUT2D eigenvalue weighted by Gasteiger charge is -2.48. The lowest BCUT2D eigenvalue weighted by Crippen LogP contribution is -2.53. The molecule has 1 N–H and O–H groups in total. The highest BCUT2D eigenvalue weighted by Crippen LogP contribution is 2.54. The van der Waals surface area contributed by atoms with Gasteiger partial charge in [0.05, 0.1) is 12.5 Å². The summed E-state index contributed by atoms with van der Waals surface area (Å²) in [6, 6.07) is 19.4. The van der Waals surface area contributed by atoms with Gasteiger partial charge in [-0.2, -0.15) is 0 Å². The standard InChI is InChI=1S/C29H34N2O5/c1-3-35-29(34)30-20-14-15-23-19(16-20)17-24-25(18(2)36-28(24)33)26(23)27(32)31(21-10-6-4-7-11-21)22-12-8-5-9-13-22/h4-13,18-20,23-26H,3,14-17H2,1-2H3,(H,30,34)/t18-,19?,20-,23-,24-,25-,26+/m1/s1. The predicted molar refractivity (Wildman–Crippen MR) is 135 cm³/mol. The van der Waals surface area contributed by atoms with Crippen LogP contribution in [-0.2, 0) is 19.1 Å². The number of para-hydroxylation sites is 2. The zero-order chi connectivity index (χ0) is 25.2. The Morgan fingerprint density at radius 2 is 1.64 bits per heavy atom. The second-order valence-corrected chi connectivity index (χ2v) is 10.2. The van der Waals surface area contributed by atoms with E-state index in [0.717, 1.165) is 30.6 Å². The van der Waals surface area contributed by atoms with Gasteiger partial charge in [-0.25, -0.2) is 4.79 Å². The average molecular weight is 491 g/mol. The molecular formula is C29H34N2O5. The molecule has 2 saturated carbocycles. The minimum Gasteiger partial charge on any atom is -0.462 e. The minimum atomic E-state index is -0.407. The van der Waals surface area contributed by atoms with Gasteiger partial charge in [0.25, 0.3) is 0 Å². The first kappa shape index (κ1) is 24.3. The number of esters is 1. The summed E-state index contributed by atoms with van der Waals surface area (Å²) in [7, 11) is 0. The summed E-state index contributed by atoms with van der Waals surface area (Å²) in [6.07, 6.45) is 2.30. The van der Waals surface area contributed by atoms with Crippen LogP contribution in [0.1, 0.15) is 39.5 Å². The molecule has 0 bridgehead atoms. The largest absolute Gasteiger partial charge is 0.462 e. The number of rotatable bonds is 5. The number of nitrogens with one attached hydrogen (secondary N) is 1. The van der Waals surface area contributed by atoms with E-state index < -0.39 is 6.09 Å². The highest BCUT2D eigenvalue weighted by Gasteiger charge is 2.58. The molecule has 7 atom stereocenters. The summed E-state index contributed by atoms with van der Waals surface area (Å²) >= 11 is 0. The zero-order valence-electron chi connectivity index (χ0n) is 20.8. The summed E-state index contributed by atoms with van der Waals surface area (Å²) < 4.78 is 10.8. The van der Waals surface area contributed by atoms with Crippen molar-refractivity contribution in [3.63, 3.8) is 0 Å². The van der Waals surface area contributed by atoms with Crippen molar-refractivity contribution in [2.24, 2.45) is 29.6 Å².